The monoisotopic (exact) mass is 406 g/mol. The van der Waals surface area contributed by atoms with Gasteiger partial charge in [-0.05, 0) is 31.0 Å². The summed E-state index contributed by atoms with van der Waals surface area (Å²) in [4.78, 5) is 20.9. The van der Waals surface area contributed by atoms with E-state index in [9.17, 15) is 4.79 Å². The van der Waals surface area contributed by atoms with E-state index in [1.807, 2.05) is 48.5 Å². The number of likely N-dealkylation sites (tertiary alicyclic amines) is 1. The molecule has 1 saturated heterocycles. The first-order valence-corrected chi connectivity index (χ1v) is 10.6. The topological polar surface area (TPSA) is 67.5 Å². The number of para-hydroxylation sites is 1. The Balaban J connectivity index is 1.41. The van der Waals surface area contributed by atoms with Crippen LogP contribution in [0.3, 0.4) is 0 Å². The van der Waals surface area contributed by atoms with E-state index in [4.69, 9.17) is 4.98 Å². The summed E-state index contributed by atoms with van der Waals surface area (Å²) in [6, 6.07) is 11.8. The van der Waals surface area contributed by atoms with Gasteiger partial charge in [-0.3, -0.25) is 13.9 Å². The SMILES string of the molecule is Cn1ccc(C(=O)N2CCC[C@@H](c3nc(Nc4ccccc4)n4ccsc34)C2)n1. The number of fused-ring (bicyclic) bond motifs is 1. The van der Waals surface area contributed by atoms with Gasteiger partial charge in [-0.15, -0.1) is 11.3 Å². The summed E-state index contributed by atoms with van der Waals surface area (Å²) < 4.78 is 3.77. The number of hydrogen-bond donors (Lipinski definition) is 1. The number of thiazole rings is 1. The molecule has 1 aliphatic rings. The summed E-state index contributed by atoms with van der Waals surface area (Å²) in [6.07, 6.45) is 5.85. The van der Waals surface area contributed by atoms with E-state index in [2.05, 4.69) is 20.2 Å². The van der Waals surface area contributed by atoms with Crippen LogP contribution in [0.5, 0.6) is 0 Å². The van der Waals surface area contributed by atoms with Gasteiger partial charge in [-0.1, -0.05) is 18.2 Å². The first kappa shape index (κ1) is 17.9. The number of nitrogens with one attached hydrogen (secondary N) is 1. The molecule has 0 saturated carbocycles. The lowest BCUT2D eigenvalue weighted by Crippen LogP contribution is -2.39. The third-order valence-electron chi connectivity index (χ3n) is 5.34. The lowest BCUT2D eigenvalue weighted by Gasteiger charge is -2.31. The van der Waals surface area contributed by atoms with Crippen LogP contribution < -0.4 is 5.32 Å². The van der Waals surface area contributed by atoms with Gasteiger partial charge in [0.1, 0.15) is 10.5 Å². The van der Waals surface area contributed by atoms with E-state index in [-0.39, 0.29) is 11.8 Å². The lowest BCUT2D eigenvalue weighted by atomic mass is 9.95. The van der Waals surface area contributed by atoms with Gasteiger partial charge in [0.2, 0.25) is 5.95 Å². The van der Waals surface area contributed by atoms with Crippen LogP contribution in [0.1, 0.15) is 34.9 Å². The standard InChI is InChI=1S/C21H22N6OS/c1-25-11-9-17(24-25)19(28)26-10-5-6-15(14-26)18-20-27(12-13-29-20)21(23-18)22-16-7-3-2-4-8-16/h2-4,7-9,11-13,15H,5-6,10,14H2,1H3,(H,22,23)/t15-/m1/s1. The maximum Gasteiger partial charge on any atom is 0.274 e. The second-order valence-corrected chi connectivity index (χ2v) is 8.25. The number of aromatic nitrogens is 4. The van der Waals surface area contributed by atoms with E-state index in [1.165, 1.54) is 0 Å². The van der Waals surface area contributed by atoms with Crippen molar-refractivity contribution in [3.8, 4) is 0 Å². The van der Waals surface area contributed by atoms with Gasteiger partial charge in [0.25, 0.3) is 5.91 Å². The van der Waals surface area contributed by atoms with Gasteiger partial charge in [0.05, 0.1) is 5.69 Å². The van der Waals surface area contributed by atoms with Crippen molar-refractivity contribution >= 4 is 33.7 Å². The predicted octanol–water partition coefficient (Wildman–Crippen LogP) is 3.89. The molecule has 1 aliphatic heterocycles. The summed E-state index contributed by atoms with van der Waals surface area (Å²) in [5.41, 5.74) is 2.58. The average Bonchev–Trinajstić information content (AvgIpc) is 3.46. The first-order valence-electron chi connectivity index (χ1n) is 9.75. The molecule has 0 spiro atoms. The van der Waals surface area contributed by atoms with Gasteiger partial charge >= 0.3 is 0 Å². The van der Waals surface area contributed by atoms with Crippen molar-refractivity contribution in [3.63, 3.8) is 0 Å². The van der Waals surface area contributed by atoms with Gasteiger partial charge in [-0.25, -0.2) is 4.98 Å². The van der Waals surface area contributed by atoms with Crippen LogP contribution in [-0.2, 0) is 7.05 Å². The maximum atomic E-state index is 12.9. The highest BCUT2D eigenvalue weighted by molar-refractivity contribution is 7.15. The second-order valence-electron chi connectivity index (χ2n) is 7.35. The Bertz CT molecular complexity index is 1140. The largest absolute Gasteiger partial charge is 0.337 e. The number of hydrogen-bond acceptors (Lipinski definition) is 5. The van der Waals surface area contributed by atoms with Crippen molar-refractivity contribution in [2.75, 3.05) is 18.4 Å². The Morgan fingerprint density at radius 3 is 2.86 bits per heavy atom. The van der Waals surface area contributed by atoms with Gasteiger partial charge in [-0.2, -0.15) is 5.10 Å². The zero-order chi connectivity index (χ0) is 19.8. The minimum absolute atomic E-state index is 0.000401. The molecule has 148 valence electrons. The molecule has 0 radical (unpaired) electrons. The molecule has 1 aromatic carbocycles. The fourth-order valence-corrected chi connectivity index (χ4v) is 4.83. The summed E-state index contributed by atoms with van der Waals surface area (Å²) >= 11 is 1.69. The number of piperidine rings is 1. The molecule has 3 aromatic heterocycles. The van der Waals surface area contributed by atoms with Crippen LogP contribution in [0.4, 0.5) is 11.6 Å². The molecule has 4 heterocycles. The van der Waals surface area contributed by atoms with Crippen LogP contribution >= 0.6 is 11.3 Å². The summed E-state index contributed by atoms with van der Waals surface area (Å²) in [6.45, 7) is 1.44. The highest BCUT2D eigenvalue weighted by atomic mass is 32.1. The van der Waals surface area contributed by atoms with Crippen molar-refractivity contribution in [2.45, 2.75) is 18.8 Å². The molecular formula is C21H22N6OS. The molecule has 0 aliphatic carbocycles. The Morgan fingerprint density at radius 1 is 1.21 bits per heavy atom. The van der Waals surface area contributed by atoms with E-state index in [1.54, 1.807) is 28.3 Å². The zero-order valence-electron chi connectivity index (χ0n) is 16.2. The molecule has 1 amide bonds. The Hall–Kier alpha value is -3.13. The molecule has 5 rings (SSSR count). The number of aryl methyl sites for hydroxylation is 1. The summed E-state index contributed by atoms with van der Waals surface area (Å²) in [5, 5.41) is 9.77. The van der Waals surface area contributed by atoms with Crippen LogP contribution in [0.2, 0.25) is 0 Å². The lowest BCUT2D eigenvalue weighted by molar-refractivity contribution is 0.0699. The van der Waals surface area contributed by atoms with Gasteiger partial charge < -0.3 is 10.2 Å². The molecule has 29 heavy (non-hydrogen) atoms. The average molecular weight is 407 g/mol. The minimum atomic E-state index is -0.000401. The third-order valence-corrected chi connectivity index (χ3v) is 6.23. The van der Waals surface area contributed by atoms with Gasteiger partial charge in [0, 0.05) is 49.5 Å². The van der Waals surface area contributed by atoms with Crippen molar-refractivity contribution < 1.29 is 4.79 Å². The molecule has 7 nitrogen and oxygen atoms in total. The number of carbonyl (C=O) groups excluding carboxylic acids is 1. The molecule has 1 atom stereocenters. The fourth-order valence-electron chi connectivity index (χ4n) is 3.93. The molecule has 0 unspecified atom stereocenters. The van der Waals surface area contributed by atoms with Gasteiger partial charge in [0.15, 0.2) is 0 Å². The van der Waals surface area contributed by atoms with E-state index in [0.29, 0.717) is 12.2 Å². The van der Waals surface area contributed by atoms with Crippen molar-refractivity contribution in [1.82, 2.24) is 24.1 Å². The Morgan fingerprint density at radius 2 is 2.07 bits per heavy atom. The van der Waals surface area contributed by atoms with Crippen LogP contribution in [0.15, 0.2) is 54.2 Å². The summed E-state index contributed by atoms with van der Waals surface area (Å²) in [5.74, 6) is 1.03. The van der Waals surface area contributed by atoms with Crippen molar-refractivity contribution in [2.24, 2.45) is 7.05 Å². The molecule has 8 heteroatoms. The number of nitrogens with zero attached hydrogens (tertiary/aromatic N) is 5. The third kappa shape index (κ3) is 3.40. The van der Waals surface area contributed by atoms with E-state index in [0.717, 1.165) is 41.5 Å². The van der Waals surface area contributed by atoms with E-state index >= 15 is 0 Å². The Kier molecular flexibility index (Phi) is 4.55. The number of carbonyl (C=O) groups is 1. The van der Waals surface area contributed by atoms with Crippen LogP contribution in [0.25, 0.3) is 4.83 Å². The predicted molar refractivity (Wildman–Crippen MR) is 114 cm³/mol. The quantitative estimate of drug-likeness (QED) is 0.558. The highest BCUT2D eigenvalue weighted by Gasteiger charge is 2.30. The molecule has 0 bridgehead atoms. The first-order chi connectivity index (χ1) is 14.2. The summed E-state index contributed by atoms with van der Waals surface area (Å²) in [7, 11) is 1.83. The minimum Gasteiger partial charge on any atom is -0.337 e. The number of amides is 1. The van der Waals surface area contributed by atoms with Crippen molar-refractivity contribution in [1.29, 1.82) is 0 Å². The molecule has 4 aromatic rings. The fraction of sp³-hybridized carbons (Fsp3) is 0.286. The zero-order valence-corrected chi connectivity index (χ0v) is 17.0. The number of imidazole rings is 1. The normalized spacial score (nSPS) is 17.0. The van der Waals surface area contributed by atoms with Crippen LogP contribution in [-0.4, -0.2) is 43.1 Å². The smallest absolute Gasteiger partial charge is 0.274 e. The molecule has 1 N–H and O–H groups in total. The van der Waals surface area contributed by atoms with Crippen molar-refractivity contribution in [3.05, 3.63) is 65.6 Å². The second kappa shape index (κ2) is 7.36. The maximum absolute atomic E-state index is 12.9. The Labute approximate surface area is 172 Å². The highest BCUT2D eigenvalue weighted by Crippen LogP contribution is 2.34. The number of rotatable bonds is 4. The molecular weight excluding hydrogens is 384 g/mol. The number of benzene rings is 1. The number of anilines is 2. The van der Waals surface area contributed by atoms with Crippen LogP contribution in [0, 0.1) is 0 Å². The molecule has 1 fully saturated rings. The van der Waals surface area contributed by atoms with E-state index < -0.39 is 0 Å².